The highest BCUT2D eigenvalue weighted by Gasteiger charge is 2.19. The lowest BCUT2D eigenvalue weighted by atomic mass is 10.0. The minimum absolute atomic E-state index is 0.152. The molecule has 1 aromatic carbocycles. The molecule has 0 saturated heterocycles. The molecule has 0 radical (unpaired) electrons. The summed E-state index contributed by atoms with van der Waals surface area (Å²) in [4.78, 5) is 26.0. The molecule has 2 aromatic heterocycles. The Bertz CT molecular complexity index is 1040. The Morgan fingerprint density at radius 1 is 1.00 bits per heavy atom. The number of fused-ring (bicyclic) bond motifs is 1. The summed E-state index contributed by atoms with van der Waals surface area (Å²) in [5, 5.41) is 0.258. The van der Waals surface area contributed by atoms with E-state index < -0.39 is 0 Å². The van der Waals surface area contributed by atoms with Crippen LogP contribution in [0.2, 0.25) is 0 Å². The van der Waals surface area contributed by atoms with E-state index in [1.165, 1.54) is 0 Å². The third-order valence-corrected chi connectivity index (χ3v) is 4.80. The van der Waals surface area contributed by atoms with Crippen LogP contribution in [-0.2, 0) is 7.05 Å². The van der Waals surface area contributed by atoms with E-state index in [0.717, 1.165) is 17.1 Å². The summed E-state index contributed by atoms with van der Waals surface area (Å²) in [5.74, 6) is 0.152. The van der Waals surface area contributed by atoms with E-state index >= 15 is 0 Å². The molecule has 0 unspecified atom stereocenters. The van der Waals surface area contributed by atoms with Crippen LogP contribution in [0.25, 0.3) is 16.6 Å². The van der Waals surface area contributed by atoms with Crippen LogP contribution in [0.15, 0.2) is 46.0 Å². The van der Waals surface area contributed by atoms with Gasteiger partial charge in [-0.2, -0.15) is 0 Å². The van der Waals surface area contributed by atoms with Crippen molar-refractivity contribution in [1.29, 1.82) is 0 Å². The molecule has 0 bridgehead atoms. The predicted octanol–water partition coefficient (Wildman–Crippen LogP) is 3.43. The number of nitrogens with zero attached hydrogens (tertiary/aromatic N) is 2. The van der Waals surface area contributed by atoms with Crippen molar-refractivity contribution in [1.82, 2.24) is 9.13 Å². The second kappa shape index (κ2) is 5.78. The summed E-state index contributed by atoms with van der Waals surface area (Å²) in [7, 11) is 1.90. The van der Waals surface area contributed by atoms with Gasteiger partial charge >= 0.3 is 0 Å². The molecule has 0 aliphatic carbocycles. The lowest BCUT2D eigenvalue weighted by molar-refractivity contribution is 0.759. The summed E-state index contributed by atoms with van der Waals surface area (Å²) in [5.41, 5.74) is 3.48. The van der Waals surface area contributed by atoms with Gasteiger partial charge in [0.25, 0.3) is 5.56 Å². The molecule has 0 fully saturated rings. The SMILES string of the molecule is Cc1c(C)n(C)c2cc(C(C)C)n(-c3ccccc3)c(=O)c2c1=O. The number of pyridine rings is 2. The number of aryl methyl sites for hydroxylation is 1. The van der Waals surface area contributed by atoms with Crippen molar-refractivity contribution in [3.63, 3.8) is 0 Å². The van der Waals surface area contributed by atoms with E-state index in [4.69, 9.17) is 0 Å². The highest BCUT2D eigenvalue weighted by molar-refractivity contribution is 5.80. The van der Waals surface area contributed by atoms with Crippen molar-refractivity contribution in [2.45, 2.75) is 33.6 Å². The predicted molar refractivity (Wildman–Crippen MR) is 98.3 cm³/mol. The second-order valence-corrected chi connectivity index (χ2v) is 6.56. The van der Waals surface area contributed by atoms with Crippen molar-refractivity contribution in [2.24, 2.45) is 7.05 Å². The Morgan fingerprint density at radius 3 is 2.21 bits per heavy atom. The maximum absolute atomic E-state index is 13.2. The minimum atomic E-state index is -0.244. The fourth-order valence-electron chi connectivity index (χ4n) is 3.15. The Hall–Kier alpha value is -2.62. The maximum atomic E-state index is 13.2. The van der Waals surface area contributed by atoms with Gasteiger partial charge in [-0.1, -0.05) is 32.0 Å². The Morgan fingerprint density at radius 2 is 1.62 bits per heavy atom. The van der Waals surface area contributed by atoms with E-state index in [0.29, 0.717) is 11.1 Å². The largest absolute Gasteiger partial charge is 0.347 e. The van der Waals surface area contributed by atoms with E-state index in [9.17, 15) is 9.59 Å². The first-order chi connectivity index (χ1) is 11.3. The van der Waals surface area contributed by atoms with Crippen LogP contribution in [0, 0.1) is 13.8 Å². The van der Waals surface area contributed by atoms with Gasteiger partial charge in [-0.3, -0.25) is 14.2 Å². The molecule has 3 aromatic rings. The molecule has 3 rings (SSSR count). The van der Waals surface area contributed by atoms with Gasteiger partial charge in [-0.15, -0.1) is 0 Å². The zero-order valence-electron chi connectivity index (χ0n) is 14.8. The molecule has 0 N–H and O–H groups in total. The lowest BCUT2D eigenvalue weighted by Crippen LogP contribution is -2.29. The summed E-state index contributed by atoms with van der Waals surface area (Å²) >= 11 is 0. The Kier molecular flexibility index (Phi) is 3.91. The first-order valence-electron chi connectivity index (χ1n) is 8.15. The fourth-order valence-corrected chi connectivity index (χ4v) is 3.15. The van der Waals surface area contributed by atoms with Gasteiger partial charge in [-0.05, 0) is 38.0 Å². The number of hydrogen-bond acceptors (Lipinski definition) is 2. The van der Waals surface area contributed by atoms with Crippen molar-refractivity contribution >= 4 is 10.9 Å². The normalized spacial score (nSPS) is 11.4. The molecule has 4 nitrogen and oxygen atoms in total. The Balaban J connectivity index is 2.59. The topological polar surface area (TPSA) is 44.0 Å². The van der Waals surface area contributed by atoms with Crippen LogP contribution < -0.4 is 11.0 Å². The van der Waals surface area contributed by atoms with Crippen LogP contribution in [-0.4, -0.2) is 9.13 Å². The van der Waals surface area contributed by atoms with Gasteiger partial charge in [0.1, 0.15) is 5.39 Å². The summed E-state index contributed by atoms with van der Waals surface area (Å²) in [6, 6.07) is 11.5. The van der Waals surface area contributed by atoms with Gasteiger partial charge < -0.3 is 4.57 Å². The zero-order chi connectivity index (χ0) is 17.6. The molecule has 0 aliphatic rings. The highest BCUT2D eigenvalue weighted by atomic mass is 16.1. The molecule has 124 valence electrons. The van der Waals surface area contributed by atoms with Gasteiger partial charge in [0, 0.05) is 29.7 Å². The standard InChI is InChI=1S/C20H22N2O2/c1-12(2)16-11-17-18(19(23)13(3)14(4)21(17)5)20(24)22(16)15-9-7-6-8-10-15/h6-12H,1-5H3. The summed E-state index contributed by atoms with van der Waals surface area (Å²) in [6.45, 7) is 7.80. The Labute approximate surface area is 141 Å². The van der Waals surface area contributed by atoms with Crippen molar-refractivity contribution < 1.29 is 0 Å². The molecule has 0 spiro atoms. The third-order valence-electron chi connectivity index (χ3n) is 4.80. The molecule has 24 heavy (non-hydrogen) atoms. The van der Waals surface area contributed by atoms with Crippen molar-refractivity contribution in [3.8, 4) is 5.69 Å². The smallest absolute Gasteiger partial charge is 0.268 e. The van der Waals surface area contributed by atoms with E-state index in [-0.39, 0.29) is 22.3 Å². The number of aromatic nitrogens is 2. The van der Waals surface area contributed by atoms with Gasteiger partial charge in [-0.25, -0.2) is 0 Å². The first-order valence-corrected chi connectivity index (χ1v) is 8.15. The summed E-state index contributed by atoms with van der Waals surface area (Å²) < 4.78 is 3.61. The van der Waals surface area contributed by atoms with Crippen LogP contribution in [0.3, 0.4) is 0 Å². The monoisotopic (exact) mass is 322 g/mol. The molecule has 0 atom stereocenters. The molecule has 0 saturated carbocycles. The molecular weight excluding hydrogens is 300 g/mol. The van der Waals surface area contributed by atoms with Crippen molar-refractivity contribution in [2.75, 3.05) is 0 Å². The number of benzene rings is 1. The average molecular weight is 322 g/mol. The third kappa shape index (κ3) is 2.30. The number of rotatable bonds is 2. The van der Waals surface area contributed by atoms with E-state index in [1.807, 2.05) is 54.9 Å². The number of hydrogen-bond donors (Lipinski definition) is 0. The quantitative estimate of drug-likeness (QED) is 0.725. The fraction of sp³-hybridized carbons (Fsp3) is 0.300. The van der Waals surface area contributed by atoms with Crippen LogP contribution >= 0.6 is 0 Å². The van der Waals surface area contributed by atoms with Crippen molar-refractivity contribution in [3.05, 3.63) is 73.9 Å². The van der Waals surface area contributed by atoms with E-state index in [1.54, 1.807) is 11.5 Å². The summed E-state index contributed by atoms with van der Waals surface area (Å²) in [6.07, 6.45) is 0. The van der Waals surface area contributed by atoms with Gasteiger partial charge in [0.15, 0.2) is 5.43 Å². The molecule has 2 heterocycles. The van der Waals surface area contributed by atoms with Crippen LogP contribution in [0.4, 0.5) is 0 Å². The lowest BCUT2D eigenvalue weighted by Gasteiger charge is -2.19. The van der Waals surface area contributed by atoms with E-state index in [2.05, 4.69) is 13.8 Å². The van der Waals surface area contributed by atoms with Crippen LogP contribution in [0.5, 0.6) is 0 Å². The molecule has 0 amide bonds. The first kappa shape index (κ1) is 16.2. The molecule has 0 aliphatic heterocycles. The average Bonchev–Trinajstić information content (AvgIpc) is 2.57. The van der Waals surface area contributed by atoms with Gasteiger partial charge in [0.2, 0.25) is 0 Å². The maximum Gasteiger partial charge on any atom is 0.268 e. The minimum Gasteiger partial charge on any atom is -0.347 e. The van der Waals surface area contributed by atoms with Crippen LogP contribution in [0.1, 0.15) is 36.7 Å². The zero-order valence-corrected chi connectivity index (χ0v) is 14.8. The molecule has 4 heteroatoms. The second-order valence-electron chi connectivity index (χ2n) is 6.56. The number of para-hydroxylation sites is 1. The molecular formula is C20H22N2O2. The van der Waals surface area contributed by atoms with Gasteiger partial charge in [0.05, 0.1) is 5.52 Å². The highest BCUT2D eigenvalue weighted by Crippen LogP contribution is 2.22.